The third-order valence-electron chi connectivity index (χ3n) is 3.75. The molecule has 1 aromatic heterocycles. The Hall–Kier alpha value is -1.89. The van der Waals surface area contributed by atoms with Gasteiger partial charge in [0, 0.05) is 30.5 Å². The average Bonchev–Trinajstić information content (AvgIpc) is 2.93. The molecule has 0 saturated heterocycles. The fourth-order valence-electron chi connectivity index (χ4n) is 2.18. The molecule has 0 fully saturated rings. The van der Waals surface area contributed by atoms with Gasteiger partial charge in [-0.15, -0.1) is 0 Å². The van der Waals surface area contributed by atoms with E-state index in [0.717, 1.165) is 22.8 Å². The predicted molar refractivity (Wildman–Crippen MR) is 96.4 cm³/mol. The van der Waals surface area contributed by atoms with Crippen molar-refractivity contribution in [1.82, 2.24) is 25.4 Å². The Balaban J connectivity index is 1.93. The van der Waals surface area contributed by atoms with Crippen LogP contribution in [0.2, 0.25) is 0 Å². The summed E-state index contributed by atoms with van der Waals surface area (Å²) in [4.78, 5) is 8.45. The van der Waals surface area contributed by atoms with Crippen LogP contribution in [-0.4, -0.2) is 34.3 Å². The number of hydrogen-bond acceptors (Lipinski definition) is 3. The monoisotopic (exact) mass is 378 g/mol. The third-order valence-corrected chi connectivity index (χ3v) is 4.24. The van der Waals surface area contributed by atoms with E-state index in [1.807, 2.05) is 13.1 Å². The molecule has 0 bridgehead atoms. The number of halogens is 1. The van der Waals surface area contributed by atoms with Gasteiger partial charge in [0.2, 0.25) is 0 Å². The molecule has 124 valence electrons. The van der Waals surface area contributed by atoms with Crippen LogP contribution in [0.25, 0.3) is 0 Å². The number of aryl methyl sites for hydroxylation is 1. The van der Waals surface area contributed by atoms with Crippen LogP contribution in [0.1, 0.15) is 25.2 Å². The van der Waals surface area contributed by atoms with E-state index in [4.69, 9.17) is 0 Å². The highest BCUT2D eigenvalue weighted by atomic mass is 79.9. The van der Waals surface area contributed by atoms with E-state index in [1.54, 1.807) is 18.1 Å². The Labute approximate surface area is 145 Å². The number of rotatable bonds is 5. The second-order valence-corrected chi connectivity index (χ2v) is 6.89. The first-order valence-electron chi connectivity index (χ1n) is 7.46. The fourth-order valence-corrected chi connectivity index (χ4v) is 2.58. The van der Waals surface area contributed by atoms with E-state index in [1.165, 1.54) is 5.56 Å². The van der Waals surface area contributed by atoms with Crippen molar-refractivity contribution in [2.75, 3.05) is 13.6 Å². The Bertz CT molecular complexity index is 677. The van der Waals surface area contributed by atoms with E-state index in [2.05, 4.69) is 73.7 Å². The molecule has 0 unspecified atom stereocenters. The zero-order valence-corrected chi connectivity index (χ0v) is 15.6. The van der Waals surface area contributed by atoms with Crippen LogP contribution in [0.4, 0.5) is 0 Å². The van der Waals surface area contributed by atoms with Crippen LogP contribution in [0.5, 0.6) is 0 Å². The van der Waals surface area contributed by atoms with E-state index in [0.29, 0.717) is 6.54 Å². The summed E-state index contributed by atoms with van der Waals surface area (Å²) in [6, 6.07) is 8.39. The van der Waals surface area contributed by atoms with E-state index in [9.17, 15) is 0 Å². The molecule has 0 aliphatic rings. The predicted octanol–water partition coefficient (Wildman–Crippen LogP) is 2.22. The van der Waals surface area contributed by atoms with Crippen molar-refractivity contribution in [2.45, 2.75) is 25.8 Å². The Morgan fingerprint density at radius 3 is 2.74 bits per heavy atom. The zero-order valence-electron chi connectivity index (χ0n) is 14.0. The van der Waals surface area contributed by atoms with Gasteiger partial charge in [-0.1, -0.05) is 41.9 Å². The molecular weight excluding hydrogens is 356 g/mol. The van der Waals surface area contributed by atoms with E-state index in [-0.39, 0.29) is 5.41 Å². The first-order chi connectivity index (χ1) is 10.9. The highest BCUT2D eigenvalue weighted by Crippen LogP contribution is 2.24. The number of hydrogen-bond donors (Lipinski definition) is 2. The van der Waals surface area contributed by atoms with Gasteiger partial charge in [0.25, 0.3) is 0 Å². The molecule has 2 aromatic rings. The second-order valence-electron chi connectivity index (χ2n) is 5.97. The van der Waals surface area contributed by atoms with Crippen molar-refractivity contribution in [3.05, 3.63) is 46.5 Å². The molecule has 0 aliphatic carbocycles. The first kappa shape index (κ1) is 17.5. The van der Waals surface area contributed by atoms with Crippen LogP contribution in [0.3, 0.4) is 0 Å². The quantitative estimate of drug-likeness (QED) is 0.618. The summed E-state index contributed by atoms with van der Waals surface area (Å²) < 4.78 is 2.83. The molecule has 6 nitrogen and oxygen atoms in total. The Kier molecular flexibility index (Phi) is 5.76. The zero-order chi connectivity index (χ0) is 16.9. The molecule has 1 aromatic carbocycles. The van der Waals surface area contributed by atoms with Gasteiger partial charge in [-0.2, -0.15) is 5.10 Å². The number of guanidine groups is 1. The molecule has 23 heavy (non-hydrogen) atoms. The summed E-state index contributed by atoms with van der Waals surface area (Å²) in [6.07, 6.45) is 1.55. The van der Waals surface area contributed by atoms with Gasteiger partial charge in [0.1, 0.15) is 12.2 Å². The summed E-state index contributed by atoms with van der Waals surface area (Å²) >= 11 is 3.53. The van der Waals surface area contributed by atoms with Crippen molar-refractivity contribution in [3.63, 3.8) is 0 Å². The number of aliphatic imine (C=N–C) groups is 1. The highest BCUT2D eigenvalue weighted by Gasteiger charge is 2.21. The smallest absolute Gasteiger partial charge is 0.191 e. The Morgan fingerprint density at radius 2 is 2.13 bits per heavy atom. The summed E-state index contributed by atoms with van der Waals surface area (Å²) in [5, 5.41) is 10.7. The number of aromatic nitrogens is 3. The minimum atomic E-state index is -0.0216. The molecule has 0 atom stereocenters. The Morgan fingerprint density at radius 1 is 1.35 bits per heavy atom. The van der Waals surface area contributed by atoms with Crippen LogP contribution < -0.4 is 10.6 Å². The maximum Gasteiger partial charge on any atom is 0.191 e. The molecule has 7 heteroatoms. The lowest BCUT2D eigenvalue weighted by Crippen LogP contribution is -2.43. The fraction of sp³-hybridized carbons (Fsp3) is 0.438. The normalized spacial score (nSPS) is 12.3. The van der Waals surface area contributed by atoms with Crippen LogP contribution in [0.15, 0.2) is 40.1 Å². The van der Waals surface area contributed by atoms with Gasteiger partial charge < -0.3 is 10.6 Å². The number of benzene rings is 1. The SMILES string of the molecule is CN=C(NCc1ncnn1C)NCC(C)(C)c1cccc(Br)c1. The summed E-state index contributed by atoms with van der Waals surface area (Å²) in [5.41, 5.74) is 1.25. The maximum absolute atomic E-state index is 4.26. The second kappa shape index (κ2) is 7.59. The topological polar surface area (TPSA) is 67.1 Å². The van der Waals surface area contributed by atoms with Crippen molar-refractivity contribution in [2.24, 2.45) is 12.0 Å². The molecule has 0 amide bonds. The van der Waals surface area contributed by atoms with Crippen molar-refractivity contribution in [3.8, 4) is 0 Å². The van der Waals surface area contributed by atoms with Gasteiger partial charge in [-0.3, -0.25) is 9.67 Å². The largest absolute Gasteiger partial charge is 0.356 e. The van der Waals surface area contributed by atoms with Crippen molar-refractivity contribution >= 4 is 21.9 Å². The van der Waals surface area contributed by atoms with Gasteiger partial charge in [-0.05, 0) is 17.7 Å². The molecule has 0 saturated carbocycles. The summed E-state index contributed by atoms with van der Waals surface area (Å²) in [5.74, 6) is 1.61. The standard InChI is InChI=1S/C16H23BrN6/c1-16(2,12-6-5-7-13(17)8-12)10-20-15(18-3)19-9-14-21-11-22-23(14)4/h5-8,11H,9-10H2,1-4H3,(H2,18,19,20). The molecule has 2 rings (SSSR count). The average molecular weight is 379 g/mol. The summed E-state index contributed by atoms with van der Waals surface area (Å²) in [6.45, 7) is 5.75. The molecule has 1 heterocycles. The van der Waals surface area contributed by atoms with Crippen LogP contribution in [-0.2, 0) is 19.0 Å². The van der Waals surface area contributed by atoms with Gasteiger partial charge in [0.05, 0.1) is 6.54 Å². The van der Waals surface area contributed by atoms with Gasteiger partial charge in [-0.25, -0.2) is 4.98 Å². The van der Waals surface area contributed by atoms with Crippen molar-refractivity contribution in [1.29, 1.82) is 0 Å². The van der Waals surface area contributed by atoms with Crippen molar-refractivity contribution < 1.29 is 0 Å². The van der Waals surface area contributed by atoms with Crippen LogP contribution >= 0.6 is 15.9 Å². The van der Waals surface area contributed by atoms with E-state index < -0.39 is 0 Å². The first-order valence-corrected chi connectivity index (χ1v) is 8.25. The van der Waals surface area contributed by atoms with Crippen LogP contribution in [0, 0.1) is 0 Å². The molecule has 0 aliphatic heterocycles. The molecule has 2 N–H and O–H groups in total. The van der Waals surface area contributed by atoms with Gasteiger partial charge in [0.15, 0.2) is 5.96 Å². The minimum Gasteiger partial charge on any atom is -0.356 e. The lowest BCUT2D eigenvalue weighted by atomic mass is 9.85. The van der Waals surface area contributed by atoms with Gasteiger partial charge >= 0.3 is 0 Å². The third kappa shape index (κ3) is 4.79. The maximum atomic E-state index is 4.26. The lowest BCUT2D eigenvalue weighted by Gasteiger charge is -2.27. The van der Waals surface area contributed by atoms with E-state index >= 15 is 0 Å². The highest BCUT2D eigenvalue weighted by molar-refractivity contribution is 9.10. The minimum absolute atomic E-state index is 0.0216. The molecule has 0 spiro atoms. The molecule has 0 radical (unpaired) electrons. The number of nitrogens with one attached hydrogen (secondary N) is 2. The summed E-state index contributed by atoms with van der Waals surface area (Å²) in [7, 11) is 3.63. The molecular formula is C16H23BrN6. The number of nitrogens with zero attached hydrogens (tertiary/aromatic N) is 4. The lowest BCUT2D eigenvalue weighted by molar-refractivity contribution is 0.507.